The third-order valence-electron chi connectivity index (χ3n) is 3.33. The molecule has 10 heteroatoms. The highest BCUT2D eigenvalue weighted by Gasteiger charge is 2.49. The van der Waals surface area contributed by atoms with E-state index in [1.54, 1.807) is 0 Å². The minimum Gasteiger partial charge on any atom is -0.465 e. The molecule has 0 spiro atoms. The third-order valence-corrected chi connectivity index (χ3v) is 4.61. The first-order valence-corrected chi connectivity index (χ1v) is 8.47. The number of benzene rings is 1. The fourth-order valence-corrected chi connectivity index (χ4v) is 2.93. The zero-order chi connectivity index (χ0) is 18.1. The van der Waals surface area contributed by atoms with Crippen LogP contribution in [0.25, 0.3) is 5.76 Å². The van der Waals surface area contributed by atoms with E-state index in [4.69, 9.17) is 11.6 Å². The first kappa shape index (κ1) is 18.6. The van der Waals surface area contributed by atoms with E-state index in [1.165, 1.54) is 18.2 Å². The van der Waals surface area contributed by atoms with Gasteiger partial charge in [0.05, 0.1) is 17.7 Å². The average Bonchev–Trinajstić information content (AvgIpc) is 2.66. The molecule has 1 aliphatic carbocycles. The Morgan fingerprint density at radius 3 is 2.54 bits per heavy atom. The van der Waals surface area contributed by atoms with Crippen molar-refractivity contribution in [1.82, 2.24) is 0 Å². The standard InChI is InChI=1S/C14H12ClF3O5S/c1-22-13(19)10-6-8-4-2-3-5-12(9(8)7-11(10)15)23-24(20,21)14(16,17)18/h5-7H,2-4H2,1H3. The summed E-state index contributed by atoms with van der Waals surface area (Å²) < 4.78 is 69.0. The second kappa shape index (κ2) is 6.64. The van der Waals surface area contributed by atoms with Gasteiger partial charge in [-0.05, 0) is 43.0 Å². The number of hydrogen-bond acceptors (Lipinski definition) is 5. The summed E-state index contributed by atoms with van der Waals surface area (Å²) in [6.07, 6.45) is 2.51. The number of carbonyl (C=O) groups is 1. The maximum Gasteiger partial charge on any atom is 0.534 e. The number of aryl methyl sites for hydroxylation is 1. The molecule has 0 fully saturated rings. The van der Waals surface area contributed by atoms with Crippen molar-refractivity contribution in [2.45, 2.75) is 24.8 Å². The highest BCUT2D eigenvalue weighted by Crippen LogP contribution is 2.35. The van der Waals surface area contributed by atoms with Gasteiger partial charge in [0, 0.05) is 5.56 Å². The Morgan fingerprint density at radius 1 is 1.29 bits per heavy atom. The molecule has 0 bridgehead atoms. The molecule has 132 valence electrons. The Morgan fingerprint density at radius 2 is 1.96 bits per heavy atom. The number of alkyl halides is 3. The lowest BCUT2D eigenvalue weighted by Crippen LogP contribution is -2.25. The highest BCUT2D eigenvalue weighted by molar-refractivity contribution is 7.87. The maximum absolute atomic E-state index is 12.5. The first-order valence-electron chi connectivity index (χ1n) is 6.69. The number of allylic oxidation sites excluding steroid dienone is 1. The monoisotopic (exact) mass is 384 g/mol. The Bertz CT molecular complexity index is 799. The quantitative estimate of drug-likeness (QED) is 0.452. The van der Waals surface area contributed by atoms with Gasteiger partial charge >= 0.3 is 21.6 Å². The number of hydrogen-bond donors (Lipinski definition) is 0. The highest BCUT2D eigenvalue weighted by atomic mass is 35.5. The van der Waals surface area contributed by atoms with Gasteiger partial charge in [-0.3, -0.25) is 0 Å². The fraction of sp³-hybridized carbons (Fsp3) is 0.357. The summed E-state index contributed by atoms with van der Waals surface area (Å²) in [5.74, 6) is -1.17. The van der Waals surface area contributed by atoms with Crippen molar-refractivity contribution in [2.24, 2.45) is 0 Å². The van der Waals surface area contributed by atoms with Gasteiger partial charge in [0.1, 0.15) is 5.76 Å². The smallest absolute Gasteiger partial charge is 0.465 e. The normalized spacial score (nSPS) is 15.1. The Hall–Kier alpha value is -1.74. The van der Waals surface area contributed by atoms with Crippen LogP contribution in [0.1, 0.15) is 34.3 Å². The van der Waals surface area contributed by atoms with E-state index in [0.29, 0.717) is 24.8 Å². The second-order valence-corrected chi connectivity index (χ2v) is 6.87. The van der Waals surface area contributed by atoms with E-state index in [0.717, 1.165) is 7.11 Å². The number of esters is 1. The first-order chi connectivity index (χ1) is 11.1. The molecule has 1 aliphatic rings. The largest absolute Gasteiger partial charge is 0.534 e. The van der Waals surface area contributed by atoms with Gasteiger partial charge in [0.2, 0.25) is 0 Å². The lowest BCUT2D eigenvalue weighted by molar-refractivity contribution is -0.0509. The number of ether oxygens (including phenoxy) is 1. The molecule has 1 aromatic carbocycles. The van der Waals surface area contributed by atoms with E-state index in [2.05, 4.69) is 8.92 Å². The summed E-state index contributed by atoms with van der Waals surface area (Å²) in [6, 6.07) is 2.57. The minimum absolute atomic E-state index is 0.0397. The van der Waals surface area contributed by atoms with Gasteiger partial charge < -0.3 is 8.92 Å². The van der Waals surface area contributed by atoms with Crippen molar-refractivity contribution in [2.75, 3.05) is 7.11 Å². The molecule has 0 unspecified atom stereocenters. The minimum atomic E-state index is -5.80. The molecule has 0 N–H and O–H groups in total. The molecular formula is C14H12ClF3O5S. The zero-order valence-electron chi connectivity index (χ0n) is 12.3. The molecule has 0 heterocycles. The summed E-state index contributed by atoms with van der Waals surface area (Å²) >= 11 is 5.96. The Balaban J connectivity index is 2.51. The lowest BCUT2D eigenvalue weighted by Gasteiger charge is -2.15. The van der Waals surface area contributed by atoms with Crippen LogP contribution in [0.3, 0.4) is 0 Å². The number of halogens is 4. The number of fused-ring (bicyclic) bond motifs is 1. The van der Waals surface area contributed by atoms with Crippen molar-refractivity contribution in [3.63, 3.8) is 0 Å². The number of rotatable bonds is 3. The van der Waals surface area contributed by atoms with Crippen LogP contribution in [0.15, 0.2) is 18.2 Å². The van der Waals surface area contributed by atoms with E-state index >= 15 is 0 Å². The Labute approximate surface area is 141 Å². The van der Waals surface area contributed by atoms with Crippen molar-refractivity contribution in [3.8, 4) is 0 Å². The molecule has 1 aromatic rings. The molecule has 0 aromatic heterocycles. The van der Waals surface area contributed by atoms with Crippen LogP contribution in [0.2, 0.25) is 5.02 Å². The summed E-state index contributed by atoms with van der Waals surface area (Å²) in [7, 11) is -4.64. The van der Waals surface area contributed by atoms with E-state index in [9.17, 15) is 26.4 Å². The maximum atomic E-state index is 12.5. The van der Waals surface area contributed by atoms with Crippen LogP contribution < -0.4 is 0 Å². The topological polar surface area (TPSA) is 69.7 Å². The molecule has 5 nitrogen and oxygen atoms in total. The van der Waals surface area contributed by atoms with Crippen LogP contribution >= 0.6 is 11.6 Å². The van der Waals surface area contributed by atoms with Crippen molar-refractivity contribution >= 4 is 33.4 Å². The van der Waals surface area contributed by atoms with Crippen LogP contribution in [0.4, 0.5) is 13.2 Å². The van der Waals surface area contributed by atoms with Crippen LogP contribution in [-0.4, -0.2) is 27.0 Å². The number of carbonyl (C=O) groups excluding carboxylic acids is 1. The van der Waals surface area contributed by atoms with Crippen LogP contribution in [0, 0.1) is 0 Å². The second-order valence-electron chi connectivity index (χ2n) is 4.92. The van der Waals surface area contributed by atoms with Crippen molar-refractivity contribution in [3.05, 3.63) is 39.9 Å². The van der Waals surface area contributed by atoms with E-state index in [-0.39, 0.29) is 16.1 Å². The molecule has 0 radical (unpaired) electrons. The third kappa shape index (κ3) is 3.67. The van der Waals surface area contributed by atoms with Crippen LogP contribution in [0.5, 0.6) is 0 Å². The fourth-order valence-electron chi connectivity index (χ4n) is 2.20. The summed E-state index contributed by atoms with van der Waals surface area (Å²) in [5, 5.41) is -0.0820. The predicted octanol–water partition coefficient (Wildman–Crippen LogP) is 3.67. The van der Waals surface area contributed by atoms with Crippen LogP contribution in [-0.2, 0) is 25.5 Å². The van der Waals surface area contributed by atoms with E-state index < -0.39 is 27.4 Å². The van der Waals surface area contributed by atoms with Gasteiger partial charge in [-0.25, -0.2) is 4.79 Å². The molecule has 24 heavy (non-hydrogen) atoms. The van der Waals surface area contributed by atoms with Gasteiger partial charge in [-0.15, -0.1) is 0 Å². The molecule has 0 amide bonds. The average molecular weight is 385 g/mol. The predicted molar refractivity (Wildman–Crippen MR) is 79.8 cm³/mol. The van der Waals surface area contributed by atoms with Gasteiger partial charge in [-0.2, -0.15) is 21.6 Å². The Kier molecular flexibility index (Phi) is 5.14. The van der Waals surface area contributed by atoms with Crippen molar-refractivity contribution < 1.29 is 35.3 Å². The SMILES string of the molecule is COC(=O)c1cc2c(cc1Cl)C(OS(=O)(=O)C(F)(F)F)=CCCC2. The van der Waals surface area contributed by atoms with Gasteiger partial charge in [-0.1, -0.05) is 11.6 Å². The molecule has 2 rings (SSSR count). The van der Waals surface area contributed by atoms with Gasteiger partial charge in [0.15, 0.2) is 0 Å². The molecule has 0 aliphatic heterocycles. The summed E-state index contributed by atoms with van der Waals surface area (Å²) in [5.41, 5.74) is -4.97. The zero-order valence-corrected chi connectivity index (χ0v) is 13.9. The molecular weight excluding hydrogens is 373 g/mol. The molecule has 0 saturated heterocycles. The van der Waals surface area contributed by atoms with Gasteiger partial charge in [0.25, 0.3) is 0 Å². The summed E-state index contributed by atoms with van der Waals surface area (Å²) in [6.45, 7) is 0. The lowest BCUT2D eigenvalue weighted by atomic mass is 10.0. The van der Waals surface area contributed by atoms with Crippen molar-refractivity contribution in [1.29, 1.82) is 0 Å². The van der Waals surface area contributed by atoms with E-state index in [1.807, 2.05) is 0 Å². The molecule has 0 atom stereocenters. The number of methoxy groups -OCH3 is 1. The molecule has 0 saturated carbocycles. The summed E-state index contributed by atoms with van der Waals surface area (Å²) in [4.78, 5) is 11.7.